The van der Waals surface area contributed by atoms with Gasteiger partial charge in [-0.2, -0.15) is 0 Å². The van der Waals surface area contributed by atoms with Crippen molar-refractivity contribution < 1.29 is 4.79 Å². The van der Waals surface area contributed by atoms with E-state index >= 15 is 0 Å². The van der Waals surface area contributed by atoms with Crippen molar-refractivity contribution in [2.45, 2.75) is 26.7 Å². The largest absolute Gasteiger partial charge is 0.357 e. The predicted molar refractivity (Wildman–Crippen MR) is 107 cm³/mol. The maximum absolute atomic E-state index is 12.6. The summed E-state index contributed by atoms with van der Waals surface area (Å²) >= 11 is 1.66. The number of carbonyl (C=O) groups is 1. The van der Waals surface area contributed by atoms with E-state index in [-0.39, 0.29) is 12.5 Å². The molecule has 0 spiro atoms. The second kappa shape index (κ2) is 8.80. The van der Waals surface area contributed by atoms with E-state index in [0.717, 1.165) is 48.9 Å². The van der Waals surface area contributed by atoms with Gasteiger partial charge in [-0.05, 0) is 31.9 Å². The number of carbonyl (C=O) groups excluding carboxylic acids is 1. The third-order valence-electron chi connectivity index (χ3n) is 4.25. The third-order valence-corrected chi connectivity index (χ3v) is 5.07. The van der Waals surface area contributed by atoms with Gasteiger partial charge in [0, 0.05) is 37.1 Å². The number of aliphatic imine (C=N–C) groups is 1. The lowest BCUT2D eigenvalue weighted by Crippen LogP contribution is -2.40. The quantitative estimate of drug-likeness (QED) is 0.603. The molecule has 2 heterocycles. The van der Waals surface area contributed by atoms with Crippen molar-refractivity contribution in [2.24, 2.45) is 4.99 Å². The number of rotatable bonds is 6. The molecular formula is C19H25N5OS. The number of guanidine groups is 1. The molecule has 1 aromatic heterocycles. The van der Waals surface area contributed by atoms with E-state index in [1.54, 1.807) is 11.3 Å². The van der Waals surface area contributed by atoms with Crippen LogP contribution in [0.4, 0.5) is 5.69 Å². The van der Waals surface area contributed by atoms with Gasteiger partial charge in [-0.1, -0.05) is 18.2 Å². The Labute approximate surface area is 158 Å². The monoisotopic (exact) mass is 371 g/mol. The number of fused-ring (bicyclic) bond motifs is 1. The molecule has 1 aliphatic rings. The van der Waals surface area contributed by atoms with Crippen LogP contribution in [0.1, 0.15) is 23.2 Å². The maximum atomic E-state index is 12.6. The number of thiazole rings is 1. The number of aromatic nitrogens is 1. The van der Waals surface area contributed by atoms with E-state index < -0.39 is 0 Å². The average Bonchev–Trinajstić information content (AvgIpc) is 3.25. The van der Waals surface area contributed by atoms with Crippen LogP contribution in [0.2, 0.25) is 0 Å². The average molecular weight is 372 g/mol. The van der Waals surface area contributed by atoms with E-state index in [0.29, 0.717) is 5.96 Å². The summed E-state index contributed by atoms with van der Waals surface area (Å²) in [6, 6.07) is 8.07. The highest BCUT2D eigenvalue weighted by atomic mass is 32.1. The SMILES string of the molecule is CCNC(=NCC(=O)N1CCc2ccccc21)NCCc1csc(C)n1. The fraction of sp³-hybridized carbons (Fsp3) is 0.421. The molecule has 0 fully saturated rings. The highest BCUT2D eigenvalue weighted by Crippen LogP contribution is 2.27. The van der Waals surface area contributed by atoms with E-state index in [2.05, 4.69) is 32.1 Å². The molecule has 1 aliphatic heterocycles. The van der Waals surface area contributed by atoms with Crippen LogP contribution < -0.4 is 15.5 Å². The highest BCUT2D eigenvalue weighted by molar-refractivity contribution is 7.09. The molecular weight excluding hydrogens is 346 g/mol. The molecule has 7 heteroatoms. The van der Waals surface area contributed by atoms with Gasteiger partial charge in [0.15, 0.2) is 5.96 Å². The number of nitrogens with zero attached hydrogens (tertiary/aromatic N) is 3. The molecule has 26 heavy (non-hydrogen) atoms. The Morgan fingerprint density at radius 1 is 1.35 bits per heavy atom. The minimum Gasteiger partial charge on any atom is -0.357 e. The fourth-order valence-electron chi connectivity index (χ4n) is 3.00. The van der Waals surface area contributed by atoms with Crippen molar-refractivity contribution in [2.75, 3.05) is 31.1 Å². The molecule has 0 atom stereocenters. The predicted octanol–water partition coefficient (Wildman–Crippen LogP) is 2.14. The summed E-state index contributed by atoms with van der Waals surface area (Å²) in [5.74, 6) is 0.697. The lowest BCUT2D eigenvalue weighted by atomic mass is 10.2. The number of nitrogens with one attached hydrogen (secondary N) is 2. The van der Waals surface area contributed by atoms with Crippen molar-refractivity contribution in [1.29, 1.82) is 0 Å². The number of benzene rings is 1. The lowest BCUT2D eigenvalue weighted by molar-refractivity contribution is -0.117. The molecule has 1 aromatic carbocycles. The van der Waals surface area contributed by atoms with Crippen molar-refractivity contribution >= 4 is 28.9 Å². The van der Waals surface area contributed by atoms with E-state index in [4.69, 9.17) is 0 Å². The van der Waals surface area contributed by atoms with Gasteiger partial charge in [0.2, 0.25) is 5.91 Å². The summed E-state index contributed by atoms with van der Waals surface area (Å²) in [5, 5.41) is 9.63. The molecule has 0 bridgehead atoms. The van der Waals surface area contributed by atoms with Gasteiger partial charge in [-0.15, -0.1) is 11.3 Å². The Morgan fingerprint density at radius 3 is 2.96 bits per heavy atom. The van der Waals surface area contributed by atoms with Crippen LogP contribution in [0, 0.1) is 6.92 Å². The first-order valence-electron chi connectivity index (χ1n) is 8.99. The number of anilines is 1. The normalized spacial score (nSPS) is 13.6. The summed E-state index contributed by atoms with van der Waals surface area (Å²) in [7, 11) is 0. The van der Waals surface area contributed by atoms with Gasteiger partial charge >= 0.3 is 0 Å². The van der Waals surface area contributed by atoms with Crippen LogP contribution in [0.3, 0.4) is 0 Å². The van der Waals surface area contributed by atoms with Crippen molar-refractivity contribution in [3.8, 4) is 0 Å². The highest BCUT2D eigenvalue weighted by Gasteiger charge is 2.23. The zero-order valence-electron chi connectivity index (χ0n) is 15.3. The number of para-hydroxylation sites is 1. The van der Waals surface area contributed by atoms with Crippen LogP contribution in [0.5, 0.6) is 0 Å². The Hall–Kier alpha value is -2.41. The first-order valence-corrected chi connectivity index (χ1v) is 9.86. The van der Waals surface area contributed by atoms with Crippen LogP contribution in [-0.2, 0) is 17.6 Å². The zero-order valence-corrected chi connectivity index (χ0v) is 16.1. The van der Waals surface area contributed by atoms with Gasteiger partial charge in [-0.3, -0.25) is 4.79 Å². The second-order valence-corrected chi connectivity index (χ2v) is 7.22. The summed E-state index contributed by atoms with van der Waals surface area (Å²) < 4.78 is 0. The van der Waals surface area contributed by atoms with Crippen molar-refractivity contribution in [1.82, 2.24) is 15.6 Å². The van der Waals surface area contributed by atoms with Gasteiger partial charge in [0.1, 0.15) is 6.54 Å². The molecule has 2 N–H and O–H groups in total. The molecule has 3 rings (SSSR count). The molecule has 0 unspecified atom stereocenters. The van der Waals surface area contributed by atoms with Crippen molar-refractivity contribution in [3.05, 3.63) is 45.9 Å². The van der Waals surface area contributed by atoms with E-state index in [1.807, 2.05) is 36.9 Å². The Bertz CT molecular complexity index is 786. The topological polar surface area (TPSA) is 69.6 Å². The Morgan fingerprint density at radius 2 is 2.19 bits per heavy atom. The Balaban J connectivity index is 1.54. The third kappa shape index (κ3) is 4.60. The van der Waals surface area contributed by atoms with Crippen LogP contribution >= 0.6 is 11.3 Å². The lowest BCUT2D eigenvalue weighted by Gasteiger charge is -2.17. The molecule has 0 saturated heterocycles. The van der Waals surface area contributed by atoms with Crippen LogP contribution in [0.15, 0.2) is 34.6 Å². The number of amides is 1. The minimum absolute atomic E-state index is 0.0299. The van der Waals surface area contributed by atoms with Gasteiger partial charge in [-0.25, -0.2) is 9.98 Å². The molecule has 0 radical (unpaired) electrons. The van der Waals surface area contributed by atoms with Crippen molar-refractivity contribution in [3.63, 3.8) is 0 Å². The van der Waals surface area contributed by atoms with Gasteiger partial charge in [0.25, 0.3) is 0 Å². The molecule has 138 valence electrons. The minimum atomic E-state index is 0.0299. The van der Waals surface area contributed by atoms with E-state index in [1.165, 1.54) is 5.56 Å². The second-order valence-electron chi connectivity index (χ2n) is 6.15. The molecule has 2 aromatic rings. The number of aryl methyl sites for hydroxylation is 1. The first kappa shape index (κ1) is 18.4. The van der Waals surface area contributed by atoms with Crippen LogP contribution in [-0.4, -0.2) is 43.0 Å². The molecule has 0 saturated carbocycles. The number of hydrogen-bond donors (Lipinski definition) is 2. The first-order chi connectivity index (χ1) is 12.7. The maximum Gasteiger partial charge on any atom is 0.248 e. The molecule has 6 nitrogen and oxygen atoms in total. The number of hydrogen-bond acceptors (Lipinski definition) is 4. The summed E-state index contributed by atoms with van der Waals surface area (Å²) in [6.07, 6.45) is 1.75. The van der Waals surface area contributed by atoms with E-state index in [9.17, 15) is 4.79 Å². The summed E-state index contributed by atoms with van der Waals surface area (Å²) in [4.78, 5) is 23.3. The summed E-state index contributed by atoms with van der Waals surface area (Å²) in [6.45, 7) is 6.38. The standard InChI is InChI=1S/C19H25N5OS/c1-3-20-19(21-10-8-16-13-26-14(2)23-16)22-12-18(25)24-11-9-15-6-4-5-7-17(15)24/h4-7,13H,3,8-12H2,1-2H3,(H2,20,21,22). The summed E-state index contributed by atoms with van der Waals surface area (Å²) in [5.41, 5.74) is 3.33. The Kier molecular flexibility index (Phi) is 6.22. The van der Waals surface area contributed by atoms with Gasteiger partial charge in [0.05, 0.1) is 10.7 Å². The fourth-order valence-corrected chi connectivity index (χ4v) is 3.65. The van der Waals surface area contributed by atoms with Gasteiger partial charge < -0.3 is 15.5 Å². The zero-order chi connectivity index (χ0) is 18.4. The smallest absolute Gasteiger partial charge is 0.248 e. The van der Waals surface area contributed by atoms with Crippen LogP contribution in [0.25, 0.3) is 0 Å². The molecule has 0 aliphatic carbocycles. The molecule has 1 amide bonds.